The highest BCUT2D eigenvalue weighted by molar-refractivity contribution is 5.04. The number of allylic oxidation sites excluding steroid dienone is 2. The highest BCUT2D eigenvalue weighted by Crippen LogP contribution is 1.93. The molecule has 0 aliphatic rings. The molecule has 0 aromatic carbocycles. The molecule has 0 rings (SSSR count). The van der Waals surface area contributed by atoms with E-state index in [1.165, 1.54) is 6.08 Å². The van der Waals surface area contributed by atoms with E-state index in [0.29, 0.717) is 0 Å². The zero-order valence-electron chi connectivity index (χ0n) is 7.79. The van der Waals surface area contributed by atoms with Gasteiger partial charge in [0, 0.05) is 25.5 Å². The van der Waals surface area contributed by atoms with Gasteiger partial charge in [0.25, 0.3) is 0 Å². The average molecular weight is 177 g/mol. The van der Waals surface area contributed by atoms with Crippen molar-refractivity contribution in [2.45, 2.75) is 32.1 Å². The summed E-state index contributed by atoms with van der Waals surface area (Å²) >= 11 is 0. The van der Waals surface area contributed by atoms with Crippen LogP contribution in [-0.4, -0.2) is 11.7 Å². The van der Waals surface area contributed by atoms with E-state index in [1.807, 2.05) is 12.1 Å². The molecule has 0 aromatic heterocycles. The van der Waals surface area contributed by atoms with Gasteiger partial charge in [-0.15, -0.1) is 11.8 Å². The summed E-state index contributed by atoms with van der Waals surface area (Å²) in [4.78, 5) is 0. The number of aliphatic hydroxyl groups is 1. The molecule has 2 heteroatoms. The van der Waals surface area contributed by atoms with Crippen LogP contribution in [0.2, 0.25) is 0 Å². The SMILES string of the molecule is N#C/C=C\CCC#CCCCCO. The lowest BCUT2D eigenvalue weighted by atomic mass is 10.2. The van der Waals surface area contributed by atoms with Gasteiger partial charge in [-0.25, -0.2) is 0 Å². The first-order valence-corrected chi connectivity index (χ1v) is 4.53. The highest BCUT2D eigenvalue weighted by Gasteiger charge is 1.81. The molecule has 0 fully saturated rings. The summed E-state index contributed by atoms with van der Waals surface area (Å²) in [5.74, 6) is 6.03. The maximum atomic E-state index is 8.48. The van der Waals surface area contributed by atoms with Crippen LogP contribution in [-0.2, 0) is 0 Å². The third kappa shape index (κ3) is 10.8. The Morgan fingerprint density at radius 2 is 1.92 bits per heavy atom. The summed E-state index contributed by atoms with van der Waals surface area (Å²) in [6, 6.07) is 1.93. The number of nitriles is 1. The van der Waals surface area contributed by atoms with E-state index in [0.717, 1.165) is 32.1 Å². The smallest absolute Gasteiger partial charge is 0.0908 e. The molecule has 0 unspecified atom stereocenters. The number of hydrogen-bond donors (Lipinski definition) is 1. The fourth-order valence-electron chi connectivity index (χ4n) is 0.794. The molecule has 0 aliphatic carbocycles. The van der Waals surface area contributed by atoms with Crippen LogP contribution < -0.4 is 0 Å². The van der Waals surface area contributed by atoms with E-state index in [-0.39, 0.29) is 6.61 Å². The fourth-order valence-corrected chi connectivity index (χ4v) is 0.794. The van der Waals surface area contributed by atoms with Crippen molar-refractivity contribution in [1.29, 1.82) is 5.26 Å². The van der Waals surface area contributed by atoms with E-state index in [4.69, 9.17) is 10.4 Å². The summed E-state index contributed by atoms with van der Waals surface area (Å²) < 4.78 is 0. The van der Waals surface area contributed by atoms with Crippen LogP contribution in [0.1, 0.15) is 32.1 Å². The standard InChI is InChI=1S/C11H15NO/c12-10-8-6-4-2-1-3-5-7-9-11-13/h6,8,13H,2,4-5,7,9,11H2/b8-6-. The van der Waals surface area contributed by atoms with E-state index in [2.05, 4.69) is 11.8 Å². The van der Waals surface area contributed by atoms with Crippen LogP contribution in [0.4, 0.5) is 0 Å². The van der Waals surface area contributed by atoms with Crippen LogP contribution in [0.15, 0.2) is 12.2 Å². The van der Waals surface area contributed by atoms with Crippen LogP contribution >= 0.6 is 0 Å². The normalized spacial score (nSPS) is 9.23. The molecule has 0 aromatic rings. The Morgan fingerprint density at radius 1 is 1.15 bits per heavy atom. The Morgan fingerprint density at radius 3 is 2.62 bits per heavy atom. The topological polar surface area (TPSA) is 44.0 Å². The zero-order chi connectivity index (χ0) is 9.78. The molecule has 0 heterocycles. The molecular weight excluding hydrogens is 162 g/mol. The van der Waals surface area contributed by atoms with Gasteiger partial charge in [0.15, 0.2) is 0 Å². The lowest BCUT2D eigenvalue weighted by molar-refractivity contribution is 0.285. The number of unbranched alkanes of at least 4 members (excludes halogenated alkanes) is 3. The average Bonchev–Trinajstić information content (AvgIpc) is 2.16. The Kier molecular flexibility index (Phi) is 9.72. The fraction of sp³-hybridized carbons (Fsp3) is 0.545. The first-order valence-electron chi connectivity index (χ1n) is 4.53. The van der Waals surface area contributed by atoms with Crippen molar-refractivity contribution >= 4 is 0 Å². The van der Waals surface area contributed by atoms with Crippen molar-refractivity contribution in [1.82, 2.24) is 0 Å². The minimum Gasteiger partial charge on any atom is -0.396 e. The van der Waals surface area contributed by atoms with Crippen molar-refractivity contribution in [3.8, 4) is 17.9 Å². The molecule has 0 saturated carbocycles. The Hall–Kier alpha value is -1.25. The van der Waals surface area contributed by atoms with Crippen molar-refractivity contribution in [3.63, 3.8) is 0 Å². The summed E-state index contributed by atoms with van der Waals surface area (Å²) in [6.45, 7) is 0.257. The third-order valence-electron chi connectivity index (χ3n) is 1.46. The van der Waals surface area contributed by atoms with Crippen molar-refractivity contribution in [2.75, 3.05) is 6.61 Å². The summed E-state index contributed by atoms with van der Waals surface area (Å²) in [7, 11) is 0. The Bertz CT molecular complexity index is 227. The van der Waals surface area contributed by atoms with Gasteiger partial charge in [-0.3, -0.25) is 0 Å². The number of rotatable bonds is 5. The molecule has 0 atom stereocenters. The molecule has 0 aliphatic heterocycles. The molecule has 0 saturated heterocycles. The summed E-state index contributed by atoms with van der Waals surface area (Å²) in [5.41, 5.74) is 0. The Balaban J connectivity index is 3.21. The van der Waals surface area contributed by atoms with Crippen molar-refractivity contribution < 1.29 is 5.11 Å². The quantitative estimate of drug-likeness (QED) is 0.396. The third-order valence-corrected chi connectivity index (χ3v) is 1.46. The van der Waals surface area contributed by atoms with Crippen LogP contribution in [0.25, 0.3) is 0 Å². The van der Waals surface area contributed by atoms with E-state index < -0.39 is 0 Å². The van der Waals surface area contributed by atoms with Crippen LogP contribution in [0.5, 0.6) is 0 Å². The molecule has 0 radical (unpaired) electrons. The minimum absolute atomic E-state index is 0.257. The predicted octanol–water partition coefficient (Wildman–Crippen LogP) is 2.01. The van der Waals surface area contributed by atoms with Gasteiger partial charge in [-0.1, -0.05) is 6.08 Å². The van der Waals surface area contributed by atoms with Gasteiger partial charge in [0.2, 0.25) is 0 Å². The van der Waals surface area contributed by atoms with Gasteiger partial charge >= 0.3 is 0 Å². The first-order chi connectivity index (χ1) is 6.41. The van der Waals surface area contributed by atoms with Gasteiger partial charge < -0.3 is 5.11 Å². The monoisotopic (exact) mass is 177 g/mol. The van der Waals surface area contributed by atoms with E-state index in [1.54, 1.807) is 0 Å². The maximum Gasteiger partial charge on any atom is 0.0908 e. The molecule has 1 N–H and O–H groups in total. The van der Waals surface area contributed by atoms with Gasteiger partial charge in [-0.2, -0.15) is 5.26 Å². The van der Waals surface area contributed by atoms with Crippen molar-refractivity contribution in [2.24, 2.45) is 0 Å². The summed E-state index contributed by atoms with van der Waals surface area (Å²) in [5, 5.41) is 16.6. The van der Waals surface area contributed by atoms with Crippen LogP contribution in [0.3, 0.4) is 0 Å². The molecule has 70 valence electrons. The maximum absolute atomic E-state index is 8.48. The van der Waals surface area contributed by atoms with E-state index >= 15 is 0 Å². The molecule has 0 amide bonds. The zero-order valence-corrected chi connectivity index (χ0v) is 7.79. The van der Waals surface area contributed by atoms with E-state index in [9.17, 15) is 0 Å². The molecule has 0 bridgehead atoms. The minimum atomic E-state index is 0.257. The highest BCUT2D eigenvalue weighted by atomic mass is 16.2. The lowest BCUT2D eigenvalue weighted by Crippen LogP contribution is -1.80. The molecule has 0 spiro atoms. The number of hydrogen-bond acceptors (Lipinski definition) is 2. The van der Waals surface area contributed by atoms with Crippen molar-refractivity contribution in [3.05, 3.63) is 12.2 Å². The van der Waals surface area contributed by atoms with Gasteiger partial charge in [-0.05, 0) is 19.3 Å². The molecule has 2 nitrogen and oxygen atoms in total. The van der Waals surface area contributed by atoms with Gasteiger partial charge in [0.05, 0.1) is 6.07 Å². The number of aliphatic hydroxyl groups excluding tert-OH is 1. The molecular formula is C11H15NO. The predicted molar refractivity (Wildman–Crippen MR) is 52.7 cm³/mol. The first kappa shape index (κ1) is 11.8. The second-order valence-electron chi connectivity index (χ2n) is 2.60. The number of nitrogens with zero attached hydrogens (tertiary/aromatic N) is 1. The lowest BCUT2D eigenvalue weighted by Gasteiger charge is -1.87. The second-order valence-corrected chi connectivity index (χ2v) is 2.60. The second kappa shape index (κ2) is 10.8. The van der Waals surface area contributed by atoms with Crippen LogP contribution in [0, 0.1) is 23.2 Å². The largest absolute Gasteiger partial charge is 0.396 e. The Labute approximate surface area is 79.9 Å². The summed E-state index contributed by atoms with van der Waals surface area (Å²) in [6.07, 6.45) is 7.64. The molecule has 13 heavy (non-hydrogen) atoms. The van der Waals surface area contributed by atoms with Gasteiger partial charge in [0.1, 0.15) is 0 Å².